The lowest BCUT2D eigenvalue weighted by atomic mass is 9.58. The molecule has 2 aliphatic rings. The zero-order chi connectivity index (χ0) is 22.2. The summed E-state index contributed by atoms with van der Waals surface area (Å²) in [4.78, 5) is 17.8. The Morgan fingerprint density at radius 1 is 1.26 bits per heavy atom. The normalized spacial score (nSPS) is 24.9. The molecule has 2 bridgehead atoms. The third-order valence-electron chi connectivity index (χ3n) is 7.43. The van der Waals surface area contributed by atoms with E-state index >= 15 is 0 Å². The second kappa shape index (κ2) is 8.54. The number of urea groups is 1. The van der Waals surface area contributed by atoms with Crippen LogP contribution in [0.2, 0.25) is 0 Å². The van der Waals surface area contributed by atoms with E-state index in [0.717, 1.165) is 43.7 Å². The average molecular weight is 422 g/mol. The Hall–Kier alpha value is -2.53. The van der Waals surface area contributed by atoms with Gasteiger partial charge < -0.3 is 19.9 Å². The van der Waals surface area contributed by atoms with E-state index in [1.807, 2.05) is 36.2 Å². The molecule has 2 amide bonds. The fraction of sp³-hybridized carbons (Fsp3) is 0.500. The van der Waals surface area contributed by atoms with Crippen LogP contribution < -0.4 is 10.1 Å². The summed E-state index contributed by atoms with van der Waals surface area (Å²) in [7, 11) is 5.90. The SMILES string of the molecule is CCCC12CCN(C)C(Cc3ccc(OC)cc31)C2N(C)C(=O)Nc1ccc(C)cc1. The summed E-state index contributed by atoms with van der Waals surface area (Å²) >= 11 is 0. The number of aryl methyl sites for hydroxylation is 1. The molecular formula is C26H35N3O2. The van der Waals surface area contributed by atoms with Crippen LogP contribution in [0.4, 0.5) is 10.5 Å². The van der Waals surface area contributed by atoms with Crippen LogP contribution in [0.25, 0.3) is 0 Å². The van der Waals surface area contributed by atoms with Crippen molar-refractivity contribution in [3.05, 3.63) is 59.2 Å². The number of rotatable bonds is 5. The molecule has 1 fully saturated rings. The molecule has 31 heavy (non-hydrogen) atoms. The Morgan fingerprint density at radius 2 is 2.00 bits per heavy atom. The predicted octanol–water partition coefficient (Wildman–Crippen LogP) is 4.83. The molecule has 3 unspecified atom stereocenters. The Labute approximate surface area is 186 Å². The number of fused-ring (bicyclic) bond motifs is 4. The molecule has 0 aromatic heterocycles. The topological polar surface area (TPSA) is 44.8 Å². The Kier molecular flexibility index (Phi) is 5.98. The molecule has 1 aliphatic heterocycles. The van der Waals surface area contributed by atoms with Crippen LogP contribution in [0, 0.1) is 6.92 Å². The van der Waals surface area contributed by atoms with Gasteiger partial charge in [0.25, 0.3) is 0 Å². The van der Waals surface area contributed by atoms with Crippen LogP contribution in [0.1, 0.15) is 42.9 Å². The summed E-state index contributed by atoms with van der Waals surface area (Å²) < 4.78 is 5.59. The van der Waals surface area contributed by atoms with Crippen molar-refractivity contribution < 1.29 is 9.53 Å². The first kappa shape index (κ1) is 21.7. The van der Waals surface area contributed by atoms with Gasteiger partial charge in [-0.1, -0.05) is 37.1 Å². The van der Waals surface area contributed by atoms with Crippen molar-refractivity contribution in [1.82, 2.24) is 9.80 Å². The molecule has 0 saturated carbocycles. The van der Waals surface area contributed by atoms with Crippen LogP contribution in [0.3, 0.4) is 0 Å². The van der Waals surface area contributed by atoms with Crippen molar-refractivity contribution >= 4 is 11.7 Å². The molecule has 1 heterocycles. The maximum Gasteiger partial charge on any atom is 0.321 e. The smallest absolute Gasteiger partial charge is 0.321 e. The Bertz CT molecular complexity index is 942. The number of nitrogens with one attached hydrogen (secondary N) is 1. The van der Waals surface area contributed by atoms with E-state index in [9.17, 15) is 4.79 Å². The van der Waals surface area contributed by atoms with Gasteiger partial charge >= 0.3 is 6.03 Å². The van der Waals surface area contributed by atoms with E-state index in [1.54, 1.807) is 7.11 Å². The van der Waals surface area contributed by atoms with Crippen molar-refractivity contribution in [2.45, 2.75) is 57.0 Å². The van der Waals surface area contributed by atoms with Crippen LogP contribution in [-0.2, 0) is 11.8 Å². The third kappa shape index (κ3) is 3.80. The molecule has 4 rings (SSSR count). The number of anilines is 1. The van der Waals surface area contributed by atoms with Crippen LogP contribution in [0.15, 0.2) is 42.5 Å². The van der Waals surface area contributed by atoms with Gasteiger partial charge in [-0.2, -0.15) is 0 Å². The number of amides is 2. The van der Waals surface area contributed by atoms with E-state index in [2.05, 4.69) is 49.3 Å². The van der Waals surface area contributed by atoms with E-state index in [1.165, 1.54) is 16.7 Å². The van der Waals surface area contributed by atoms with Gasteiger partial charge in [0, 0.05) is 24.2 Å². The fourth-order valence-electron chi connectivity index (χ4n) is 5.87. The first-order valence-electron chi connectivity index (χ1n) is 11.4. The van der Waals surface area contributed by atoms with E-state index in [4.69, 9.17) is 4.74 Å². The summed E-state index contributed by atoms with van der Waals surface area (Å²) in [6.07, 6.45) is 4.14. The number of hydrogen-bond acceptors (Lipinski definition) is 3. The lowest BCUT2D eigenvalue weighted by Gasteiger charge is -2.58. The minimum atomic E-state index is -0.0621. The first-order valence-corrected chi connectivity index (χ1v) is 11.4. The van der Waals surface area contributed by atoms with Gasteiger partial charge in [-0.15, -0.1) is 0 Å². The summed E-state index contributed by atoms with van der Waals surface area (Å²) in [5, 5.41) is 3.12. The van der Waals surface area contributed by atoms with Crippen LogP contribution in [-0.4, -0.2) is 55.7 Å². The Balaban J connectivity index is 1.73. The van der Waals surface area contributed by atoms with Crippen molar-refractivity contribution in [3.63, 3.8) is 0 Å². The molecule has 1 aliphatic carbocycles. The van der Waals surface area contributed by atoms with Gasteiger partial charge in [-0.3, -0.25) is 0 Å². The number of carbonyl (C=O) groups is 1. The molecule has 1 saturated heterocycles. The molecule has 0 radical (unpaired) electrons. The summed E-state index contributed by atoms with van der Waals surface area (Å²) in [6.45, 7) is 5.35. The number of benzene rings is 2. The number of piperidine rings is 1. The number of hydrogen-bond donors (Lipinski definition) is 1. The van der Waals surface area contributed by atoms with Gasteiger partial charge in [0.15, 0.2) is 0 Å². The van der Waals surface area contributed by atoms with Crippen LogP contribution >= 0.6 is 0 Å². The average Bonchev–Trinajstić information content (AvgIpc) is 2.77. The lowest BCUT2D eigenvalue weighted by Crippen LogP contribution is -2.68. The molecule has 5 heteroatoms. The highest BCUT2D eigenvalue weighted by Gasteiger charge is 2.54. The maximum absolute atomic E-state index is 13.4. The quantitative estimate of drug-likeness (QED) is 0.752. The van der Waals surface area contributed by atoms with Gasteiger partial charge in [0.2, 0.25) is 0 Å². The first-order chi connectivity index (χ1) is 14.9. The number of carbonyl (C=O) groups excluding carboxylic acids is 1. The minimum absolute atomic E-state index is 0.0408. The zero-order valence-corrected chi connectivity index (χ0v) is 19.4. The summed E-state index contributed by atoms with van der Waals surface area (Å²) in [5.41, 5.74) is 4.73. The van der Waals surface area contributed by atoms with Crippen molar-refractivity contribution in [2.24, 2.45) is 0 Å². The highest BCUT2D eigenvalue weighted by Crippen LogP contribution is 2.50. The van der Waals surface area contributed by atoms with Crippen molar-refractivity contribution in [3.8, 4) is 5.75 Å². The molecule has 3 atom stereocenters. The van der Waals surface area contributed by atoms with Gasteiger partial charge in [-0.05, 0) is 75.2 Å². The van der Waals surface area contributed by atoms with Crippen LogP contribution in [0.5, 0.6) is 5.75 Å². The summed E-state index contributed by atoms with van der Waals surface area (Å²) in [5.74, 6) is 0.900. The number of likely N-dealkylation sites (N-methyl/N-ethyl adjacent to an activating group) is 2. The fourth-order valence-corrected chi connectivity index (χ4v) is 5.87. The predicted molar refractivity (Wildman–Crippen MR) is 126 cm³/mol. The maximum atomic E-state index is 13.4. The molecule has 166 valence electrons. The molecule has 2 aromatic rings. The minimum Gasteiger partial charge on any atom is -0.497 e. The summed E-state index contributed by atoms with van der Waals surface area (Å²) in [6, 6.07) is 14.9. The van der Waals surface area contributed by atoms with Gasteiger partial charge in [0.1, 0.15) is 5.75 Å². The number of methoxy groups -OCH3 is 1. The second-order valence-corrected chi connectivity index (χ2v) is 9.28. The molecule has 1 N–H and O–H groups in total. The standard InChI is InChI=1S/C26H35N3O2/c1-6-13-26-14-15-28(3)23(16-19-9-12-21(31-5)17-22(19)26)24(26)29(4)25(30)27-20-10-7-18(2)8-11-20/h7-12,17,23-24H,6,13-16H2,1-5H3,(H,27,30). The number of ether oxygens (including phenoxy) is 1. The third-order valence-corrected chi connectivity index (χ3v) is 7.43. The largest absolute Gasteiger partial charge is 0.497 e. The van der Waals surface area contributed by atoms with E-state index < -0.39 is 0 Å². The zero-order valence-electron chi connectivity index (χ0n) is 19.4. The second-order valence-electron chi connectivity index (χ2n) is 9.28. The highest BCUT2D eigenvalue weighted by atomic mass is 16.5. The van der Waals surface area contributed by atoms with Crippen molar-refractivity contribution in [2.75, 3.05) is 33.1 Å². The molecule has 2 aromatic carbocycles. The number of likely N-dealkylation sites (tertiary alicyclic amines) is 1. The van der Waals surface area contributed by atoms with E-state index in [0.29, 0.717) is 6.04 Å². The molecule has 0 spiro atoms. The van der Waals surface area contributed by atoms with Gasteiger partial charge in [-0.25, -0.2) is 4.79 Å². The number of nitrogens with zero attached hydrogens (tertiary/aromatic N) is 2. The van der Waals surface area contributed by atoms with Crippen molar-refractivity contribution in [1.29, 1.82) is 0 Å². The Morgan fingerprint density at radius 3 is 2.68 bits per heavy atom. The highest BCUT2D eigenvalue weighted by molar-refractivity contribution is 5.89. The molecule has 5 nitrogen and oxygen atoms in total. The monoisotopic (exact) mass is 421 g/mol. The van der Waals surface area contributed by atoms with Gasteiger partial charge in [0.05, 0.1) is 13.2 Å². The lowest BCUT2D eigenvalue weighted by molar-refractivity contribution is 0.00872. The molecular weight excluding hydrogens is 386 g/mol. The van der Waals surface area contributed by atoms with E-state index in [-0.39, 0.29) is 17.5 Å².